The first kappa shape index (κ1) is 16.6. The standard InChI is InChI=1S/C12H27B.B/c1-10(2,3)13(11(4,5)6)12(7,8)9;/h1-9H3;. The SMILES string of the molecule is CC(C)(C)B(C(C)(C)C)C(C)(C)C.[B]. The average Bonchev–Trinajstić information content (AvgIpc) is 1.44. The van der Waals surface area contributed by atoms with Gasteiger partial charge in [-0.2, -0.15) is 0 Å². The predicted molar refractivity (Wildman–Crippen MR) is 70.7 cm³/mol. The molecule has 0 rings (SSSR count). The normalized spacial score (nSPS) is 13.5. The lowest BCUT2D eigenvalue weighted by Gasteiger charge is -2.46. The molecule has 14 heavy (non-hydrogen) atoms. The van der Waals surface area contributed by atoms with Crippen molar-refractivity contribution in [2.45, 2.75) is 78.3 Å². The molecule has 0 nitrogen and oxygen atoms in total. The minimum atomic E-state index is 0. The topological polar surface area (TPSA) is 0 Å². The van der Waals surface area contributed by atoms with E-state index in [1.807, 2.05) is 0 Å². The number of hydrogen-bond acceptors (Lipinski definition) is 0. The second kappa shape index (κ2) is 4.33. The fraction of sp³-hybridized carbons (Fsp3) is 1.00. The van der Waals surface area contributed by atoms with Gasteiger partial charge in [0.2, 0.25) is 0 Å². The van der Waals surface area contributed by atoms with Crippen LogP contribution in [0.2, 0.25) is 15.9 Å². The molecule has 0 aliphatic carbocycles. The minimum absolute atomic E-state index is 0. The summed E-state index contributed by atoms with van der Waals surface area (Å²) in [4.78, 5) is 0. The van der Waals surface area contributed by atoms with E-state index in [2.05, 4.69) is 62.3 Å². The molecule has 0 fully saturated rings. The second-order valence-corrected chi connectivity index (χ2v) is 7.53. The summed E-state index contributed by atoms with van der Waals surface area (Å²) in [5.41, 5.74) is 0. The van der Waals surface area contributed by atoms with Crippen molar-refractivity contribution in [2.24, 2.45) is 0 Å². The molecule has 0 N–H and O–H groups in total. The summed E-state index contributed by atoms with van der Waals surface area (Å²) in [5.74, 6) is 0. The maximum absolute atomic E-state index is 2.36. The summed E-state index contributed by atoms with van der Waals surface area (Å²) in [5, 5.41) is 1.16. The van der Waals surface area contributed by atoms with Crippen molar-refractivity contribution in [3.8, 4) is 0 Å². The van der Waals surface area contributed by atoms with Gasteiger partial charge in [-0.15, -0.1) is 0 Å². The first-order chi connectivity index (χ1) is 5.37. The van der Waals surface area contributed by atoms with Crippen molar-refractivity contribution in [1.82, 2.24) is 0 Å². The summed E-state index contributed by atoms with van der Waals surface area (Å²) in [6.45, 7) is 21.9. The lowest BCUT2D eigenvalue weighted by molar-refractivity contribution is 0.568. The van der Waals surface area contributed by atoms with E-state index in [1.54, 1.807) is 0 Å². The van der Waals surface area contributed by atoms with Crippen molar-refractivity contribution in [2.75, 3.05) is 0 Å². The molecule has 0 saturated carbocycles. The molecule has 0 aliphatic rings. The third-order valence-corrected chi connectivity index (χ3v) is 2.60. The maximum Gasteiger partial charge on any atom is 0.156 e. The predicted octanol–water partition coefficient (Wildman–Crippen LogP) is 4.50. The zero-order valence-corrected chi connectivity index (χ0v) is 11.7. The molecule has 0 aromatic heterocycles. The van der Waals surface area contributed by atoms with Gasteiger partial charge in [-0.25, -0.2) is 0 Å². The van der Waals surface area contributed by atoms with Crippen LogP contribution in [0.25, 0.3) is 0 Å². The Morgan fingerprint density at radius 1 is 0.500 bits per heavy atom. The van der Waals surface area contributed by atoms with Crippen LogP contribution in [0.1, 0.15) is 62.3 Å². The van der Waals surface area contributed by atoms with E-state index in [-0.39, 0.29) is 8.41 Å². The van der Waals surface area contributed by atoms with Gasteiger partial charge in [-0.05, 0) is 0 Å². The fourth-order valence-electron chi connectivity index (χ4n) is 3.90. The van der Waals surface area contributed by atoms with Crippen LogP contribution in [0.5, 0.6) is 0 Å². The highest BCUT2D eigenvalue weighted by Crippen LogP contribution is 2.52. The zero-order valence-electron chi connectivity index (χ0n) is 11.7. The molecule has 2 heteroatoms. The van der Waals surface area contributed by atoms with Gasteiger partial charge in [-0.3, -0.25) is 0 Å². The van der Waals surface area contributed by atoms with Crippen molar-refractivity contribution in [3.05, 3.63) is 0 Å². The smallest absolute Gasteiger partial charge is 0.0667 e. The van der Waals surface area contributed by atoms with Crippen LogP contribution >= 0.6 is 0 Å². The van der Waals surface area contributed by atoms with E-state index < -0.39 is 0 Å². The summed E-state index contributed by atoms with van der Waals surface area (Å²) < 4.78 is 0. The maximum atomic E-state index is 2.36. The summed E-state index contributed by atoms with van der Waals surface area (Å²) in [6, 6.07) is 0. The zero-order chi connectivity index (χ0) is 11.1. The van der Waals surface area contributed by atoms with Gasteiger partial charge < -0.3 is 0 Å². The van der Waals surface area contributed by atoms with Crippen molar-refractivity contribution < 1.29 is 0 Å². The second-order valence-electron chi connectivity index (χ2n) is 7.53. The molecule has 0 unspecified atom stereocenters. The molecular formula is C12H27B2. The van der Waals surface area contributed by atoms with Crippen LogP contribution in [0.4, 0.5) is 0 Å². The highest BCUT2D eigenvalue weighted by molar-refractivity contribution is 6.68. The summed E-state index contributed by atoms with van der Waals surface area (Å²) >= 11 is 0. The molecule has 0 bridgehead atoms. The van der Waals surface area contributed by atoms with Crippen LogP contribution in [-0.2, 0) is 0 Å². The Labute approximate surface area is 93.9 Å². The molecule has 0 aromatic rings. The molecule has 0 spiro atoms. The molecule has 0 aliphatic heterocycles. The van der Waals surface area contributed by atoms with Gasteiger partial charge in [-0.1, -0.05) is 78.3 Å². The molecular weight excluding hydrogens is 166 g/mol. The van der Waals surface area contributed by atoms with Crippen molar-refractivity contribution in [1.29, 1.82) is 0 Å². The number of rotatable bonds is 0. The quantitative estimate of drug-likeness (QED) is 0.496. The van der Waals surface area contributed by atoms with Gasteiger partial charge in [0, 0.05) is 8.41 Å². The Morgan fingerprint density at radius 3 is 0.643 bits per heavy atom. The fourth-order valence-corrected chi connectivity index (χ4v) is 3.90. The van der Waals surface area contributed by atoms with Gasteiger partial charge in [0.05, 0.1) is 0 Å². The van der Waals surface area contributed by atoms with E-state index in [4.69, 9.17) is 0 Å². The monoisotopic (exact) mass is 193 g/mol. The number of hydrogen-bond donors (Lipinski definition) is 0. The Kier molecular flexibility index (Phi) is 5.12. The molecule has 0 heterocycles. The Morgan fingerprint density at radius 2 is 0.643 bits per heavy atom. The van der Waals surface area contributed by atoms with E-state index >= 15 is 0 Å². The summed E-state index contributed by atoms with van der Waals surface area (Å²) in [6.07, 6.45) is 0. The molecule has 81 valence electrons. The van der Waals surface area contributed by atoms with Gasteiger partial charge in [0.1, 0.15) is 0 Å². The molecule has 0 saturated heterocycles. The van der Waals surface area contributed by atoms with Crippen molar-refractivity contribution in [3.63, 3.8) is 0 Å². The van der Waals surface area contributed by atoms with Crippen LogP contribution in [0.15, 0.2) is 0 Å². The average molecular weight is 193 g/mol. The Hall–Kier alpha value is 0.130. The third kappa shape index (κ3) is 4.57. The third-order valence-electron chi connectivity index (χ3n) is 2.60. The Bertz CT molecular complexity index is 131. The van der Waals surface area contributed by atoms with E-state index in [1.165, 1.54) is 0 Å². The molecule has 3 radical (unpaired) electrons. The van der Waals surface area contributed by atoms with Crippen LogP contribution in [-0.4, -0.2) is 15.1 Å². The van der Waals surface area contributed by atoms with Crippen molar-refractivity contribution >= 4 is 15.1 Å². The summed E-state index contributed by atoms with van der Waals surface area (Å²) in [7, 11) is 0. The van der Waals surface area contributed by atoms with Gasteiger partial charge >= 0.3 is 0 Å². The highest BCUT2D eigenvalue weighted by Gasteiger charge is 2.45. The molecule has 0 amide bonds. The molecule has 0 aromatic carbocycles. The largest absolute Gasteiger partial charge is 0.156 e. The van der Waals surface area contributed by atoms with Crippen LogP contribution < -0.4 is 0 Å². The van der Waals surface area contributed by atoms with Gasteiger partial charge in [0.15, 0.2) is 6.71 Å². The van der Waals surface area contributed by atoms with E-state index in [0.29, 0.717) is 15.9 Å². The minimum Gasteiger partial charge on any atom is -0.0667 e. The van der Waals surface area contributed by atoms with Crippen LogP contribution in [0, 0.1) is 0 Å². The molecule has 0 atom stereocenters. The lowest BCUT2D eigenvalue weighted by Crippen LogP contribution is -2.42. The lowest BCUT2D eigenvalue weighted by atomic mass is 9.15. The van der Waals surface area contributed by atoms with Crippen LogP contribution in [0.3, 0.4) is 0 Å². The highest BCUT2D eigenvalue weighted by atomic mass is 14.2. The Balaban J connectivity index is 0. The van der Waals surface area contributed by atoms with E-state index in [9.17, 15) is 0 Å². The first-order valence-electron chi connectivity index (χ1n) is 5.37. The van der Waals surface area contributed by atoms with Gasteiger partial charge in [0.25, 0.3) is 0 Å². The first-order valence-corrected chi connectivity index (χ1v) is 5.37. The van der Waals surface area contributed by atoms with E-state index in [0.717, 1.165) is 6.71 Å².